The summed E-state index contributed by atoms with van der Waals surface area (Å²) in [5.41, 5.74) is 4.02. The topological polar surface area (TPSA) is 66.5 Å². The SMILES string of the molecule is O=C(Cc1ccccc1)Nc1ccc(Nc2ccccc2N2CCOCC2)cn1. The standard InChI is InChI=1S/C23H24N4O2/c28-23(16-18-6-2-1-3-7-18)26-22-11-10-19(17-24-22)25-20-8-4-5-9-21(20)27-12-14-29-15-13-27/h1-11,17,25H,12-16H2,(H,24,26,28). The van der Waals surface area contributed by atoms with Crippen LogP contribution in [0.4, 0.5) is 22.9 Å². The molecule has 1 saturated heterocycles. The van der Waals surface area contributed by atoms with Gasteiger partial charge in [-0.2, -0.15) is 0 Å². The van der Waals surface area contributed by atoms with E-state index in [2.05, 4.69) is 32.7 Å². The molecule has 0 saturated carbocycles. The molecule has 1 aromatic heterocycles. The van der Waals surface area contributed by atoms with Crippen molar-refractivity contribution in [2.24, 2.45) is 0 Å². The normalized spacial score (nSPS) is 13.7. The third kappa shape index (κ3) is 5.12. The fourth-order valence-corrected chi connectivity index (χ4v) is 3.32. The quantitative estimate of drug-likeness (QED) is 0.672. The fraction of sp³-hybridized carbons (Fsp3) is 0.217. The monoisotopic (exact) mass is 388 g/mol. The van der Waals surface area contributed by atoms with Gasteiger partial charge in [0.1, 0.15) is 5.82 Å². The minimum Gasteiger partial charge on any atom is -0.378 e. The second-order valence-corrected chi connectivity index (χ2v) is 6.88. The predicted octanol–water partition coefficient (Wildman–Crippen LogP) is 3.84. The molecule has 1 amide bonds. The van der Waals surface area contributed by atoms with Crippen molar-refractivity contribution in [3.63, 3.8) is 0 Å². The molecule has 4 rings (SSSR count). The fourth-order valence-electron chi connectivity index (χ4n) is 3.32. The molecular weight excluding hydrogens is 364 g/mol. The first kappa shape index (κ1) is 19.0. The number of hydrogen-bond donors (Lipinski definition) is 2. The molecule has 2 heterocycles. The molecule has 0 unspecified atom stereocenters. The first-order chi connectivity index (χ1) is 14.3. The molecule has 29 heavy (non-hydrogen) atoms. The van der Waals surface area contributed by atoms with E-state index in [0.29, 0.717) is 12.2 Å². The third-order valence-electron chi connectivity index (χ3n) is 4.77. The number of para-hydroxylation sites is 2. The van der Waals surface area contributed by atoms with E-state index in [0.717, 1.165) is 48.9 Å². The second kappa shape index (κ2) is 9.21. The van der Waals surface area contributed by atoms with E-state index in [1.807, 2.05) is 54.6 Å². The van der Waals surface area contributed by atoms with Crippen LogP contribution in [0.1, 0.15) is 5.56 Å². The smallest absolute Gasteiger partial charge is 0.229 e. The van der Waals surface area contributed by atoms with Gasteiger partial charge >= 0.3 is 0 Å². The lowest BCUT2D eigenvalue weighted by atomic mass is 10.1. The molecule has 148 valence electrons. The van der Waals surface area contributed by atoms with E-state index in [-0.39, 0.29) is 5.91 Å². The number of ether oxygens (including phenoxy) is 1. The van der Waals surface area contributed by atoms with Crippen molar-refractivity contribution in [2.75, 3.05) is 41.8 Å². The molecule has 1 aliphatic heterocycles. The predicted molar refractivity (Wildman–Crippen MR) is 116 cm³/mol. The first-order valence-electron chi connectivity index (χ1n) is 9.76. The molecular formula is C23H24N4O2. The van der Waals surface area contributed by atoms with Crippen molar-refractivity contribution in [2.45, 2.75) is 6.42 Å². The number of hydrogen-bond acceptors (Lipinski definition) is 5. The van der Waals surface area contributed by atoms with Gasteiger partial charge < -0.3 is 20.3 Å². The highest BCUT2D eigenvalue weighted by Gasteiger charge is 2.14. The largest absolute Gasteiger partial charge is 0.378 e. The highest BCUT2D eigenvalue weighted by Crippen LogP contribution is 2.29. The van der Waals surface area contributed by atoms with E-state index in [4.69, 9.17) is 4.74 Å². The molecule has 0 bridgehead atoms. The number of pyridine rings is 1. The van der Waals surface area contributed by atoms with Gasteiger partial charge in [0.2, 0.25) is 5.91 Å². The van der Waals surface area contributed by atoms with Crippen molar-refractivity contribution in [1.29, 1.82) is 0 Å². The third-order valence-corrected chi connectivity index (χ3v) is 4.77. The maximum Gasteiger partial charge on any atom is 0.229 e. The summed E-state index contributed by atoms with van der Waals surface area (Å²) in [6.45, 7) is 3.24. The Hall–Kier alpha value is -3.38. The van der Waals surface area contributed by atoms with Gasteiger partial charge in [0.05, 0.1) is 42.9 Å². The molecule has 0 atom stereocenters. The number of benzene rings is 2. The molecule has 1 fully saturated rings. The van der Waals surface area contributed by atoms with Gasteiger partial charge in [-0.15, -0.1) is 0 Å². The minimum atomic E-state index is -0.0814. The molecule has 0 spiro atoms. The van der Waals surface area contributed by atoms with Crippen molar-refractivity contribution in [1.82, 2.24) is 4.98 Å². The van der Waals surface area contributed by atoms with E-state index in [1.54, 1.807) is 6.20 Å². The number of nitrogens with zero attached hydrogens (tertiary/aromatic N) is 2. The number of rotatable bonds is 6. The Kier molecular flexibility index (Phi) is 6.02. The average Bonchev–Trinajstić information content (AvgIpc) is 2.77. The van der Waals surface area contributed by atoms with Crippen molar-refractivity contribution < 1.29 is 9.53 Å². The van der Waals surface area contributed by atoms with Crippen LogP contribution in [-0.4, -0.2) is 37.2 Å². The van der Waals surface area contributed by atoms with Crippen LogP contribution in [0.25, 0.3) is 0 Å². The molecule has 6 heteroatoms. The van der Waals surface area contributed by atoms with Crippen LogP contribution in [0.2, 0.25) is 0 Å². The molecule has 2 aromatic carbocycles. The number of anilines is 4. The van der Waals surface area contributed by atoms with Gasteiger partial charge in [0.15, 0.2) is 0 Å². The van der Waals surface area contributed by atoms with E-state index in [1.165, 1.54) is 0 Å². The number of carbonyl (C=O) groups excluding carboxylic acids is 1. The molecule has 1 aliphatic rings. The van der Waals surface area contributed by atoms with Crippen molar-refractivity contribution in [3.05, 3.63) is 78.5 Å². The second-order valence-electron chi connectivity index (χ2n) is 6.88. The lowest BCUT2D eigenvalue weighted by Crippen LogP contribution is -2.36. The molecule has 0 aliphatic carbocycles. The highest BCUT2D eigenvalue weighted by molar-refractivity contribution is 5.91. The number of amides is 1. The summed E-state index contributed by atoms with van der Waals surface area (Å²) in [5, 5.41) is 6.28. The summed E-state index contributed by atoms with van der Waals surface area (Å²) in [6, 6.07) is 21.6. The van der Waals surface area contributed by atoms with E-state index >= 15 is 0 Å². The van der Waals surface area contributed by atoms with Gasteiger partial charge in [-0.1, -0.05) is 42.5 Å². The van der Waals surface area contributed by atoms with Gasteiger partial charge in [0, 0.05) is 13.1 Å². The molecule has 0 radical (unpaired) electrons. The Bertz CT molecular complexity index is 939. The summed E-state index contributed by atoms with van der Waals surface area (Å²) in [6.07, 6.45) is 2.06. The summed E-state index contributed by atoms with van der Waals surface area (Å²) in [5.74, 6) is 0.458. The Morgan fingerprint density at radius 3 is 2.48 bits per heavy atom. The number of aromatic nitrogens is 1. The highest BCUT2D eigenvalue weighted by atomic mass is 16.5. The van der Waals surface area contributed by atoms with Gasteiger partial charge in [-0.25, -0.2) is 4.98 Å². The van der Waals surface area contributed by atoms with Crippen LogP contribution in [0, 0.1) is 0 Å². The van der Waals surface area contributed by atoms with Gasteiger partial charge in [-0.3, -0.25) is 4.79 Å². The summed E-state index contributed by atoms with van der Waals surface area (Å²) < 4.78 is 5.46. The lowest BCUT2D eigenvalue weighted by Gasteiger charge is -2.30. The zero-order valence-corrected chi connectivity index (χ0v) is 16.2. The summed E-state index contributed by atoms with van der Waals surface area (Å²) in [7, 11) is 0. The van der Waals surface area contributed by atoms with Crippen LogP contribution in [-0.2, 0) is 16.0 Å². The minimum absolute atomic E-state index is 0.0814. The van der Waals surface area contributed by atoms with Crippen LogP contribution in [0.15, 0.2) is 72.9 Å². The Balaban J connectivity index is 1.39. The van der Waals surface area contributed by atoms with Crippen LogP contribution in [0.3, 0.4) is 0 Å². The van der Waals surface area contributed by atoms with Crippen LogP contribution >= 0.6 is 0 Å². The van der Waals surface area contributed by atoms with Gasteiger partial charge in [0.25, 0.3) is 0 Å². The van der Waals surface area contributed by atoms with Gasteiger partial charge in [-0.05, 0) is 29.8 Å². The molecule has 6 nitrogen and oxygen atoms in total. The molecule has 3 aromatic rings. The Morgan fingerprint density at radius 1 is 0.966 bits per heavy atom. The molecule has 2 N–H and O–H groups in total. The lowest BCUT2D eigenvalue weighted by molar-refractivity contribution is -0.115. The van der Waals surface area contributed by atoms with Crippen molar-refractivity contribution in [3.8, 4) is 0 Å². The number of morpholine rings is 1. The van der Waals surface area contributed by atoms with Crippen LogP contribution in [0.5, 0.6) is 0 Å². The first-order valence-corrected chi connectivity index (χ1v) is 9.76. The Labute approximate surface area is 170 Å². The summed E-state index contributed by atoms with van der Waals surface area (Å²) >= 11 is 0. The number of nitrogens with one attached hydrogen (secondary N) is 2. The van der Waals surface area contributed by atoms with E-state index in [9.17, 15) is 4.79 Å². The maximum absolute atomic E-state index is 12.2. The zero-order chi connectivity index (χ0) is 19.9. The Morgan fingerprint density at radius 2 is 1.72 bits per heavy atom. The van der Waals surface area contributed by atoms with E-state index < -0.39 is 0 Å². The average molecular weight is 388 g/mol. The maximum atomic E-state index is 12.2. The summed E-state index contributed by atoms with van der Waals surface area (Å²) in [4.78, 5) is 18.9. The number of carbonyl (C=O) groups is 1. The van der Waals surface area contributed by atoms with Crippen LogP contribution < -0.4 is 15.5 Å². The van der Waals surface area contributed by atoms with Crippen molar-refractivity contribution >= 4 is 28.8 Å². The zero-order valence-electron chi connectivity index (χ0n) is 16.2.